The second kappa shape index (κ2) is 9.63. The molecule has 27 heavy (non-hydrogen) atoms. The number of nitrogens with zero attached hydrogens (tertiary/aromatic N) is 1. The quantitative estimate of drug-likeness (QED) is 0.421. The van der Waals surface area contributed by atoms with E-state index >= 15 is 0 Å². The SMILES string of the molecule is CC(C)CCOc1cccc(C(=O)NC(=S)Nc2ccc([N+](=O)[O-])cc2)c1. The molecule has 2 aromatic carbocycles. The lowest BCUT2D eigenvalue weighted by Crippen LogP contribution is -2.34. The van der Waals surface area contributed by atoms with E-state index in [2.05, 4.69) is 24.5 Å². The second-order valence-corrected chi connectivity index (χ2v) is 6.68. The van der Waals surface area contributed by atoms with Gasteiger partial charge in [-0.05, 0) is 54.9 Å². The number of benzene rings is 2. The smallest absolute Gasteiger partial charge is 0.269 e. The number of anilines is 1. The van der Waals surface area contributed by atoms with E-state index in [9.17, 15) is 14.9 Å². The van der Waals surface area contributed by atoms with E-state index in [0.717, 1.165) is 6.42 Å². The second-order valence-electron chi connectivity index (χ2n) is 6.27. The molecule has 0 unspecified atom stereocenters. The number of amides is 1. The van der Waals surface area contributed by atoms with Gasteiger partial charge >= 0.3 is 0 Å². The van der Waals surface area contributed by atoms with E-state index in [4.69, 9.17) is 17.0 Å². The average molecular weight is 387 g/mol. The Hall–Kier alpha value is -3.00. The van der Waals surface area contributed by atoms with Crippen molar-refractivity contribution < 1.29 is 14.5 Å². The fourth-order valence-corrected chi connectivity index (χ4v) is 2.35. The fraction of sp³-hybridized carbons (Fsp3) is 0.263. The highest BCUT2D eigenvalue weighted by Gasteiger charge is 2.10. The normalized spacial score (nSPS) is 10.3. The van der Waals surface area contributed by atoms with Gasteiger partial charge in [-0.2, -0.15) is 0 Å². The minimum absolute atomic E-state index is 0.0233. The van der Waals surface area contributed by atoms with Gasteiger partial charge in [0.1, 0.15) is 5.75 Å². The number of rotatable bonds is 7. The number of ether oxygens (including phenoxy) is 1. The third kappa shape index (κ3) is 6.67. The topological polar surface area (TPSA) is 93.5 Å². The number of hydrogen-bond acceptors (Lipinski definition) is 5. The summed E-state index contributed by atoms with van der Waals surface area (Å²) in [5.41, 5.74) is 0.936. The highest BCUT2D eigenvalue weighted by molar-refractivity contribution is 7.80. The van der Waals surface area contributed by atoms with Crippen LogP contribution in [0.3, 0.4) is 0 Å². The molecule has 0 radical (unpaired) electrons. The third-order valence-electron chi connectivity index (χ3n) is 3.62. The number of carbonyl (C=O) groups excluding carboxylic acids is 1. The molecular weight excluding hydrogens is 366 g/mol. The minimum Gasteiger partial charge on any atom is -0.494 e. The largest absolute Gasteiger partial charge is 0.494 e. The van der Waals surface area contributed by atoms with Crippen LogP contribution in [0.4, 0.5) is 11.4 Å². The van der Waals surface area contributed by atoms with Crippen molar-refractivity contribution in [3.63, 3.8) is 0 Å². The molecule has 0 spiro atoms. The van der Waals surface area contributed by atoms with Gasteiger partial charge in [0.2, 0.25) is 0 Å². The third-order valence-corrected chi connectivity index (χ3v) is 3.83. The van der Waals surface area contributed by atoms with Gasteiger partial charge in [-0.25, -0.2) is 0 Å². The Labute approximate surface area is 162 Å². The number of nitro benzene ring substituents is 1. The van der Waals surface area contributed by atoms with E-state index < -0.39 is 4.92 Å². The first-order valence-electron chi connectivity index (χ1n) is 8.45. The van der Waals surface area contributed by atoms with Gasteiger partial charge < -0.3 is 10.1 Å². The van der Waals surface area contributed by atoms with Crippen molar-refractivity contribution in [1.82, 2.24) is 5.32 Å². The molecule has 8 heteroatoms. The molecular formula is C19H21N3O4S. The fourth-order valence-electron chi connectivity index (χ4n) is 2.14. The zero-order valence-corrected chi connectivity index (χ0v) is 15.9. The molecule has 0 aliphatic heterocycles. The molecule has 0 fully saturated rings. The van der Waals surface area contributed by atoms with Gasteiger partial charge in [0.05, 0.1) is 11.5 Å². The lowest BCUT2D eigenvalue weighted by atomic mass is 10.1. The zero-order valence-electron chi connectivity index (χ0n) is 15.1. The van der Waals surface area contributed by atoms with Crippen molar-refractivity contribution in [2.24, 2.45) is 5.92 Å². The molecule has 0 saturated heterocycles. The van der Waals surface area contributed by atoms with Gasteiger partial charge in [0.25, 0.3) is 11.6 Å². The van der Waals surface area contributed by atoms with Gasteiger partial charge in [0.15, 0.2) is 5.11 Å². The average Bonchev–Trinajstić information content (AvgIpc) is 2.62. The van der Waals surface area contributed by atoms with Crippen LogP contribution in [-0.4, -0.2) is 22.5 Å². The first-order chi connectivity index (χ1) is 12.8. The standard InChI is InChI=1S/C19H21N3O4S/c1-13(2)10-11-26-17-5-3-4-14(12-17)18(23)21-19(27)20-15-6-8-16(9-7-15)22(24)25/h3-9,12-13H,10-11H2,1-2H3,(H2,20,21,23,27). The molecule has 1 amide bonds. The Morgan fingerprint density at radius 1 is 1.22 bits per heavy atom. The van der Waals surface area contributed by atoms with E-state index in [1.54, 1.807) is 24.3 Å². The molecule has 2 N–H and O–H groups in total. The predicted molar refractivity (Wildman–Crippen MR) is 108 cm³/mol. The number of non-ortho nitro benzene ring substituents is 1. The van der Waals surface area contributed by atoms with Gasteiger partial charge in [0, 0.05) is 23.4 Å². The lowest BCUT2D eigenvalue weighted by Gasteiger charge is -2.11. The molecule has 0 bridgehead atoms. The summed E-state index contributed by atoms with van der Waals surface area (Å²) in [4.78, 5) is 22.5. The van der Waals surface area contributed by atoms with Crippen LogP contribution in [0, 0.1) is 16.0 Å². The Morgan fingerprint density at radius 3 is 2.56 bits per heavy atom. The number of nitrogens with one attached hydrogen (secondary N) is 2. The van der Waals surface area contributed by atoms with Crippen molar-refractivity contribution in [3.8, 4) is 5.75 Å². The summed E-state index contributed by atoms with van der Waals surface area (Å²) >= 11 is 5.12. The number of thiocarbonyl (C=S) groups is 1. The van der Waals surface area contributed by atoms with Crippen molar-refractivity contribution in [1.29, 1.82) is 0 Å². The van der Waals surface area contributed by atoms with Crippen LogP contribution < -0.4 is 15.4 Å². The highest BCUT2D eigenvalue weighted by Crippen LogP contribution is 2.16. The van der Waals surface area contributed by atoms with Crippen molar-refractivity contribution >= 4 is 34.6 Å². The van der Waals surface area contributed by atoms with Crippen LogP contribution in [-0.2, 0) is 0 Å². The van der Waals surface area contributed by atoms with Crippen LogP contribution in [0.1, 0.15) is 30.6 Å². The van der Waals surface area contributed by atoms with Crippen LogP contribution in [0.5, 0.6) is 5.75 Å². The maximum atomic E-state index is 12.3. The lowest BCUT2D eigenvalue weighted by molar-refractivity contribution is -0.384. The summed E-state index contributed by atoms with van der Waals surface area (Å²) < 4.78 is 5.66. The molecule has 2 aromatic rings. The molecule has 0 aromatic heterocycles. The molecule has 7 nitrogen and oxygen atoms in total. The van der Waals surface area contributed by atoms with E-state index in [-0.39, 0.29) is 16.7 Å². The first kappa shape index (κ1) is 20.3. The molecule has 0 saturated carbocycles. The summed E-state index contributed by atoms with van der Waals surface area (Å²) in [6.45, 7) is 4.82. The monoisotopic (exact) mass is 387 g/mol. The molecule has 2 rings (SSSR count). The molecule has 0 aliphatic rings. The Bertz CT molecular complexity index is 822. The van der Waals surface area contributed by atoms with Gasteiger partial charge in [-0.15, -0.1) is 0 Å². The minimum atomic E-state index is -0.486. The Kier molecular flexibility index (Phi) is 7.25. The molecule has 0 atom stereocenters. The van der Waals surface area contributed by atoms with E-state index in [1.165, 1.54) is 24.3 Å². The maximum absolute atomic E-state index is 12.3. The highest BCUT2D eigenvalue weighted by atomic mass is 32.1. The van der Waals surface area contributed by atoms with E-state index in [1.807, 2.05) is 0 Å². The van der Waals surface area contributed by atoms with Gasteiger partial charge in [-0.1, -0.05) is 19.9 Å². The summed E-state index contributed by atoms with van der Waals surface area (Å²) in [7, 11) is 0. The van der Waals surface area contributed by atoms with Crippen LogP contribution in [0.25, 0.3) is 0 Å². The number of hydrogen-bond donors (Lipinski definition) is 2. The van der Waals surface area contributed by atoms with Crippen LogP contribution >= 0.6 is 12.2 Å². The first-order valence-corrected chi connectivity index (χ1v) is 8.85. The predicted octanol–water partition coefficient (Wildman–Crippen LogP) is 4.15. The van der Waals surface area contributed by atoms with Crippen LogP contribution in [0.15, 0.2) is 48.5 Å². The molecule has 0 aliphatic carbocycles. The maximum Gasteiger partial charge on any atom is 0.269 e. The summed E-state index contributed by atoms with van der Waals surface area (Å²) in [6, 6.07) is 12.6. The summed E-state index contributed by atoms with van der Waals surface area (Å²) in [5.74, 6) is 0.792. The zero-order chi connectivity index (χ0) is 19.8. The molecule has 142 valence electrons. The molecule has 0 heterocycles. The Morgan fingerprint density at radius 2 is 1.93 bits per heavy atom. The summed E-state index contributed by atoms with van der Waals surface area (Å²) in [5, 5.41) is 16.1. The number of nitro groups is 1. The number of carbonyl (C=O) groups is 1. The van der Waals surface area contributed by atoms with Crippen LogP contribution in [0.2, 0.25) is 0 Å². The van der Waals surface area contributed by atoms with E-state index in [0.29, 0.717) is 29.5 Å². The van der Waals surface area contributed by atoms with Crippen molar-refractivity contribution in [3.05, 3.63) is 64.2 Å². The van der Waals surface area contributed by atoms with Crippen molar-refractivity contribution in [2.45, 2.75) is 20.3 Å². The van der Waals surface area contributed by atoms with Crippen molar-refractivity contribution in [2.75, 3.05) is 11.9 Å². The van der Waals surface area contributed by atoms with Gasteiger partial charge in [-0.3, -0.25) is 20.2 Å². The summed E-state index contributed by atoms with van der Waals surface area (Å²) in [6.07, 6.45) is 0.930. The Balaban J connectivity index is 1.91.